The van der Waals surface area contributed by atoms with Gasteiger partial charge in [-0.05, 0) is 102 Å². The molecule has 7 heteroatoms. The first-order valence-electron chi connectivity index (χ1n) is 23.1. The molecule has 10 rings (SSSR count). The SMILES string of the molecule is CC(C)(C)c1cc([N-]c2cc(C(C)(C)C)cc3c2ncc2ccccc23)c2ncccc2c1.CC(C)(C)c1cc([N-]c2cc(C(C)(C)C)cc3c2ncc2ccccc23)c2ncccc2c1.[Fe+2]. The Morgan fingerprint density at radius 3 is 0.985 bits per heavy atom. The first-order chi connectivity index (χ1) is 31.2. The van der Waals surface area contributed by atoms with Crippen molar-refractivity contribution in [2.45, 2.75) is 105 Å². The summed E-state index contributed by atoms with van der Waals surface area (Å²) in [6.07, 6.45) is 7.59. The van der Waals surface area contributed by atoms with Crippen LogP contribution in [0.4, 0.5) is 22.7 Å². The number of benzene rings is 6. The molecular formula is C60H60FeN6. The molecule has 0 unspecified atom stereocenters. The minimum atomic E-state index is -0.0109. The average Bonchev–Trinajstić information content (AvgIpc) is 3.27. The molecule has 0 fully saturated rings. The molecule has 67 heavy (non-hydrogen) atoms. The smallest absolute Gasteiger partial charge is 0.654 e. The van der Waals surface area contributed by atoms with E-state index in [1.807, 2.05) is 36.9 Å². The average molecular weight is 921 g/mol. The van der Waals surface area contributed by atoms with Gasteiger partial charge in [0.25, 0.3) is 0 Å². The van der Waals surface area contributed by atoms with Crippen molar-refractivity contribution in [3.63, 3.8) is 0 Å². The van der Waals surface area contributed by atoms with Crippen LogP contribution in [0.5, 0.6) is 0 Å². The third kappa shape index (κ3) is 9.59. The minimum absolute atomic E-state index is 0. The molecule has 0 saturated carbocycles. The summed E-state index contributed by atoms with van der Waals surface area (Å²) in [6.45, 7) is 26.9. The third-order valence-electron chi connectivity index (χ3n) is 12.7. The van der Waals surface area contributed by atoms with Gasteiger partial charge in [0.05, 0.1) is 22.1 Å². The molecule has 4 heterocycles. The van der Waals surface area contributed by atoms with Crippen LogP contribution in [0, 0.1) is 0 Å². The Hall–Kier alpha value is -6.40. The summed E-state index contributed by atoms with van der Waals surface area (Å²) in [5, 5.41) is 19.7. The van der Waals surface area contributed by atoms with Gasteiger partial charge >= 0.3 is 17.1 Å². The predicted octanol–water partition coefficient (Wildman–Crippen LogP) is 17.7. The van der Waals surface area contributed by atoms with E-state index < -0.39 is 0 Å². The second-order valence-corrected chi connectivity index (χ2v) is 21.8. The number of nitrogens with zero attached hydrogens (tertiary/aromatic N) is 6. The van der Waals surface area contributed by atoms with Gasteiger partial charge in [0.15, 0.2) is 0 Å². The largest absolute Gasteiger partial charge is 2.00 e. The van der Waals surface area contributed by atoms with E-state index in [0.29, 0.717) is 0 Å². The van der Waals surface area contributed by atoms with E-state index in [1.54, 1.807) is 0 Å². The number of pyridine rings is 4. The van der Waals surface area contributed by atoms with Crippen molar-refractivity contribution in [3.05, 3.63) is 179 Å². The number of fused-ring (bicyclic) bond motifs is 8. The molecule has 0 spiro atoms. The van der Waals surface area contributed by atoms with Gasteiger partial charge in [-0.1, -0.05) is 168 Å². The zero-order valence-corrected chi connectivity index (χ0v) is 42.0. The van der Waals surface area contributed by atoms with Crippen molar-refractivity contribution in [3.8, 4) is 0 Å². The van der Waals surface area contributed by atoms with Crippen LogP contribution >= 0.6 is 0 Å². The molecule has 338 valence electrons. The van der Waals surface area contributed by atoms with E-state index >= 15 is 0 Å². The van der Waals surface area contributed by atoms with Crippen LogP contribution in [0.25, 0.3) is 75.8 Å². The van der Waals surface area contributed by atoms with Crippen molar-refractivity contribution < 1.29 is 17.1 Å². The molecule has 0 saturated heterocycles. The normalized spacial score (nSPS) is 12.4. The van der Waals surface area contributed by atoms with Gasteiger partial charge in [-0.3, -0.25) is 19.9 Å². The van der Waals surface area contributed by atoms with Gasteiger partial charge in [-0.15, -0.1) is 22.7 Å². The zero-order valence-electron chi connectivity index (χ0n) is 40.9. The summed E-state index contributed by atoms with van der Waals surface area (Å²) in [5.41, 5.74) is 12.2. The Morgan fingerprint density at radius 2 is 0.627 bits per heavy atom. The van der Waals surface area contributed by atoms with Crippen LogP contribution in [0.3, 0.4) is 0 Å². The summed E-state index contributed by atoms with van der Waals surface area (Å²) in [4.78, 5) is 19.1. The third-order valence-corrected chi connectivity index (χ3v) is 12.7. The molecule has 0 aliphatic heterocycles. The summed E-state index contributed by atoms with van der Waals surface area (Å²) in [5.74, 6) is 0. The fraction of sp³-hybridized carbons (Fsp3) is 0.267. The number of hydrogen-bond acceptors (Lipinski definition) is 4. The second kappa shape index (κ2) is 17.7. The minimum Gasteiger partial charge on any atom is -0.654 e. The molecule has 6 aromatic carbocycles. The molecule has 0 aliphatic rings. The fourth-order valence-electron chi connectivity index (χ4n) is 8.58. The van der Waals surface area contributed by atoms with E-state index in [9.17, 15) is 0 Å². The molecule has 0 N–H and O–H groups in total. The molecule has 4 aromatic heterocycles. The van der Waals surface area contributed by atoms with Gasteiger partial charge in [0, 0.05) is 46.3 Å². The van der Waals surface area contributed by atoms with Crippen LogP contribution in [-0.2, 0) is 38.7 Å². The summed E-state index contributed by atoms with van der Waals surface area (Å²) >= 11 is 0. The molecule has 10 aromatic rings. The van der Waals surface area contributed by atoms with E-state index in [2.05, 4.69) is 202 Å². The van der Waals surface area contributed by atoms with Crippen LogP contribution in [-0.4, -0.2) is 19.9 Å². The maximum absolute atomic E-state index is 5.23. The van der Waals surface area contributed by atoms with Gasteiger partial charge in [0.2, 0.25) is 0 Å². The Morgan fingerprint density at radius 1 is 0.313 bits per heavy atom. The quantitative estimate of drug-likeness (QED) is 0.130. The Bertz CT molecular complexity index is 3240. The predicted molar refractivity (Wildman–Crippen MR) is 282 cm³/mol. The van der Waals surface area contributed by atoms with Crippen LogP contribution in [0.15, 0.2) is 146 Å². The topological polar surface area (TPSA) is 79.8 Å². The van der Waals surface area contributed by atoms with Crippen molar-refractivity contribution in [2.24, 2.45) is 0 Å². The molecule has 0 aliphatic carbocycles. The van der Waals surface area contributed by atoms with Crippen molar-refractivity contribution in [1.29, 1.82) is 0 Å². The Kier molecular flexibility index (Phi) is 12.4. The molecule has 0 atom stereocenters. The Labute approximate surface area is 406 Å². The van der Waals surface area contributed by atoms with E-state index in [4.69, 9.17) is 20.6 Å². The number of aromatic nitrogens is 4. The van der Waals surface area contributed by atoms with Gasteiger partial charge in [0.1, 0.15) is 0 Å². The molecule has 0 amide bonds. The summed E-state index contributed by atoms with van der Waals surface area (Å²) in [6, 6.07) is 42.9. The standard InChI is InChI=1S/2C30H30N3.Fe/c2*1-29(2,3)21-14-19-11-9-13-31-27(19)25(16-21)33-26-17-22(30(4,5)6)15-24-23-12-8-7-10-20(23)18-32-28(24)26;/h2*7-18H,1-6H3;/q2*-1;+2. The van der Waals surface area contributed by atoms with E-state index in [1.165, 1.54) is 33.0 Å². The molecule has 0 radical (unpaired) electrons. The van der Waals surface area contributed by atoms with Crippen molar-refractivity contribution in [1.82, 2.24) is 19.9 Å². The van der Waals surface area contributed by atoms with Gasteiger partial charge < -0.3 is 10.6 Å². The first kappa shape index (κ1) is 47.1. The van der Waals surface area contributed by atoms with Crippen molar-refractivity contribution >= 4 is 87.9 Å². The Balaban J connectivity index is 0.000000179. The fourth-order valence-corrected chi connectivity index (χ4v) is 8.58. The van der Waals surface area contributed by atoms with Crippen LogP contribution in [0.1, 0.15) is 105 Å². The number of hydrogen-bond donors (Lipinski definition) is 0. The molecule has 6 nitrogen and oxygen atoms in total. The number of rotatable bonds is 4. The monoisotopic (exact) mass is 920 g/mol. The van der Waals surface area contributed by atoms with Crippen LogP contribution < -0.4 is 0 Å². The van der Waals surface area contributed by atoms with Gasteiger partial charge in [-0.25, -0.2) is 0 Å². The maximum atomic E-state index is 5.23. The molecular weight excluding hydrogens is 861 g/mol. The van der Waals surface area contributed by atoms with Crippen molar-refractivity contribution in [2.75, 3.05) is 0 Å². The zero-order chi connectivity index (χ0) is 46.8. The second-order valence-electron chi connectivity index (χ2n) is 21.8. The molecule has 0 bridgehead atoms. The first-order valence-corrected chi connectivity index (χ1v) is 23.1. The van der Waals surface area contributed by atoms with Crippen LogP contribution in [0.2, 0.25) is 0 Å². The van der Waals surface area contributed by atoms with E-state index in [0.717, 1.165) is 77.1 Å². The maximum Gasteiger partial charge on any atom is 2.00 e. The van der Waals surface area contributed by atoms with E-state index in [-0.39, 0.29) is 38.7 Å². The van der Waals surface area contributed by atoms with Gasteiger partial charge in [-0.2, -0.15) is 0 Å². The summed E-state index contributed by atoms with van der Waals surface area (Å²) in [7, 11) is 0. The summed E-state index contributed by atoms with van der Waals surface area (Å²) < 4.78 is 0.